The maximum atomic E-state index is 13.1. The van der Waals surface area contributed by atoms with Gasteiger partial charge in [-0.3, -0.25) is 4.79 Å². The zero-order valence-corrected chi connectivity index (χ0v) is 10.7. The average Bonchev–Trinajstić information content (AvgIpc) is 3.01. The Labute approximate surface area is 113 Å². The summed E-state index contributed by atoms with van der Waals surface area (Å²) in [6.45, 7) is 1.98. The van der Waals surface area contributed by atoms with Gasteiger partial charge in [0.15, 0.2) is 12.1 Å². The number of fused-ring (bicyclic) bond motifs is 1. The third-order valence-electron chi connectivity index (χ3n) is 3.04. The molecule has 0 radical (unpaired) electrons. The van der Waals surface area contributed by atoms with Gasteiger partial charge in [-0.2, -0.15) is 0 Å². The standard InChI is InChI=1S/C14H12FN3O2/c1-8-13(17-7-20-8)14(19)16-6-11-5-9-4-10(15)2-3-12(9)18-11/h2-5,7,18H,6H2,1H3,(H,16,19). The van der Waals surface area contributed by atoms with Crippen LogP contribution in [0.5, 0.6) is 0 Å². The number of oxazole rings is 1. The molecule has 0 unspecified atom stereocenters. The first-order chi connectivity index (χ1) is 9.63. The summed E-state index contributed by atoms with van der Waals surface area (Å²) in [6.07, 6.45) is 1.23. The van der Waals surface area contributed by atoms with Crippen molar-refractivity contribution in [1.82, 2.24) is 15.3 Å². The quantitative estimate of drug-likeness (QED) is 0.770. The monoisotopic (exact) mass is 273 g/mol. The van der Waals surface area contributed by atoms with E-state index in [4.69, 9.17) is 4.42 Å². The highest BCUT2D eigenvalue weighted by molar-refractivity contribution is 5.93. The molecule has 3 rings (SSSR count). The molecular formula is C14H12FN3O2. The molecule has 0 aliphatic heterocycles. The molecule has 2 N–H and O–H groups in total. The lowest BCUT2D eigenvalue weighted by atomic mass is 10.2. The molecule has 1 amide bonds. The van der Waals surface area contributed by atoms with Crippen LogP contribution in [-0.2, 0) is 6.54 Å². The van der Waals surface area contributed by atoms with E-state index < -0.39 is 0 Å². The minimum atomic E-state index is -0.305. The van der Waals surface area contributed by atoms with Gasteiger partial charge in [-0.05, 0) is 31.2 Å². The molecule has 3 aromatic rings. The molecule has 0 atom stereocenters. The molecule has 20 heavy (non-hydrogen) atoms. The first-order valence-electron chi connectivity index (χ1n) is 6.09. The topological polar surface area (TPSA) is 70.9 Å². The summed E-state index contributed by atoms with van der Waals surface area (Å²) >= 11 is 0. The molecule has 2 aromatic heterocycles. The summed E-state index contributed by atoms with van der Waals surface area (Å²) in [5, 5.41) is 3.50. The molecule has 0 saturated heterocycles. The maximum absolute atomic E-state index is 13.1. The van der Waals surface area contributed by atoms with Crippen LogP contribution in [0.25, 0.3) is 10.9 Å². The smallest absolute Gasteiger partial charge is 0.273 e. The van der Waals surface area contributed by atoms with Gasteiger partial charge in [0, 0.05) is 16.6 Å². The summed E-state index contributed by atoms with van der Waals surface area (Å²) in [6, 6.07) is 6.30. The van der Waals surface area contributed by atoms with Crippen LogP contribution in [0.15, 0.2) is 35.1 Å². The third-order valence-corrected chi connectivity index (χ3v) is 3.04. The molecule has 0 aliphatic rings. The summed E-state index contributed by atoms with van der Waals surface area (Å²) in [5.41, 5.74) is 1.89. The van der Waals surface area contributed by atoms with Gasteiger partial charge in [0.2, 0.25) is 0 Å². The van der Waals surface area contributed by atoms with Crippen molar-refractivity contribution in [2.45, 2.75) is 13.5 Å². The third kappa shape index (κ3) is 2.27. The van der Waals surface area contributed by atoms with Crippen molar-refractivity contribution in [3.05, 3.63) is 53.6 Å². The van der Waals surface area contributed by atoms with Gasteiger partial charge in [0.05, 0.1) is 6.54 Å². The summed E-state index contributed by atoms with van der Waals surface area (Å²) in [4.78, 5) is 18.8. The first kappa shape index (κ1) is 12.4. The molecule has 102 valence electrons. The predicted molar refractivity (Wildman–Crippen MR) is 70.7 cm³/mol. The van der Waals surface area contributed by atoms with Gasteiger partial charge in [-0.25, -0.2) is 9.37 Å². The number of hydrogen-bond acceptors (Lipinski definition) is 3. The number of benzene rings is 1. The SMILES string of the molecule is Cc1ocnc1C(=O)NCc1cc2cc(F)ccc2[nH]1. The number of hydrogen-bond donors (Lipinski definition) is 2. The molecule has 6 heteroatoms. The Bertz CT molecular complexity index is 776. The van der Waals surface area contributed by atoms with Crippen LogP contribution in [0.4, 0.5) is 4.39 Å². The van der Waals surface area contributed by atoms with Crippen LogP contribution >= 0.6 is 0 Å². The number of aromatic nitrogens is 2. The summed E-state index contributed by atoms with van der Waals surface area (Å²) < 4.78 is 18.1. The second-order valence-corrected chi connectivity index (χ2v) is 4.47. The Kier molecular flexibility index (Phi) is 2.98. The van der Waals surface area contributed by atoms with E-state index in [1.807, 2.05) is 0 Å². The minimum absolute atomic E-state index is 0.271. The van der Waals surface area contributed by atoms with E-state index in [2.05, 4.69) is 15.3 Å². The van der Waals surface area contributed by atoms with E-state index in [0.717, 1.165) is 16.6 Å². The molecule has 2 heterocycles. The zero-order valence-electron chi connectivity index (χ0n) is 10.7. The Hall–Kier alpha value is -2.63. The highest BCUT2D eigenvalue weighted by Gasteiger charge is 2.13. The van der Waals surface area contributed by atoms with Crippen molar-refractivity contribution in [2.24, 2.45) is 0 Å². The van der Waals surface area contributed by atoms with Crippen LogP contribution in [0, 0.1) is 12.7 Å². The minimum Gasteiger partial charge on any atom is -0.448 e. The van der Waals surface area contributed by atoms with E-state index in [9.17, 15) is 9.18 Å². The van der Waals surface area contributed by atoms with Gasteiger partial charge < -0.3 is 14.7 Å². The second-order valence-electron chi connectivity index (χ2n) is 4.47. The largest absolute Gasteiger partial charge is 0.448 e. The van der Waals surface area contributed by atoms with Crippen molar-refractivity contribution in [3.8, 4) is 0 Å². The van der Waals surface area contributed by atoms with Gasteiger partial charge in [0.25, 0.3) is 5.91 Å². The fourth-order valence-electron chi connectivity index (χ4n) is 2.04. The van der Waals surface area contributed by atoms with Crippen LogP contribution in [0.1, 0.15) is 21.9 Å². The van der Waals surface area contributed by atoms with Crippen LogP contribution in [-0.4, -0.2) is 15.9 Å². The second kappa shape index (κ2) is 4.80. The highest BCUT2D eigenvalue weighted by Crippen LogP contribution is 2.16. The van der Waals surface area contributed by atoms with Crippen molar-refractivity contribution < 1.29 is 13.6 Å². The van der Waals surface area contributed by atoms with Crippen LogP contribution < -0.4 is 5.32 Å². The lowest BCUT2D eigenvalue weighted by molar-refractivity contribution is 0.0944. The number of halogens is 1. The number of aryl methyl sites for hydroxylation is 1. The van der Waals surface area contributed by atoms with Crippen molar-refractivity contribution >= 4 is 16.8 Å². The molecule has 0 fully saturated rings. The molecule has 0 aliphatic carbocycles. The Morgan fingerprint density at radius 3 is 3.05 bits per heavy atom. The zero-order chi connectivity index (χ0) is 14.1. The van der Waals surface area contributed by atoms with Crippen LogP contribution in [0.3, 0.4) is 0 Å². The lowest BCUT2D eigenvalue weighted by Gasteiger charge is -2.01. The number of rotatable bonds is 3. The molecular weight excluding hydrogens is 261 g/mol. The van der Waals surface area contributed by atoms with Gasteiger partial charge in [-0.15, -0.1) is 0 Å². The van der Waals surface area contributed by atoms with Gasteiger partial charge in [0.1, 0.15) is 11.6 Å². The number of H-pyrrole nitrogens is 1. The van der Waals surface area contributed by atoms with Gasteiger partial charge >= 0.3 is 0 Å². The molecule has 0 spiro atoms. The van der Waals surface area contributed by atoms with Gasteiger partial charge in [-0.1, -0.05) is 0 Å². The van der Waals surface area contributed by atoms with Crippen molar-refractivity contribution in [2.75, 3.05) is 0 Å². The van der Waals surface area contributed by atoms with E-state index in [1.54, 1.807) is 19.1 Å². The van der Waals surface area contributed by atoms with E-state index in [0.29, 0.717) is 12.3 Å². The van der Waals surface area contributed by atoms with Crippen molar-refractivity contribution in [3.63, 3.8) is 0 Å². The number of nitrogens with one attached hydrogen (secondary N) is 2. The number of nitrogens with zero attached hydrogens (tertiary/aromatic N) is 1. The maximum Gasteiger partial charge on any atom is 0.273 e. The number of carbonyl (C=O) groups is 1. The molecule has 5 nitrogen and oxygen atoms in total. The van der Waals surface area contributed by atoms with E-state index in [-0.39, 0.29) is 17.4 Å². The predicted octanol–water partition coefficient (Wildman–Crippen LogP) is 2.53. The average molecular weight is 273 g/mol. The van der Waals surface area contributed by atoms with E-state index in [1.165, 1.54) is 18.5 Å². The highest BCUT2D eigenvalue weighted by atomic mass is 19.1. The fourth-order valence-corrected chi connectivity index (χ4v) is 2.04. The molecule has 0 bridgehead atoms. The summed E-state index contributed by atoms with van der Waals surface area (Å²) in [7, 11) is 0. The lowest BCUT2D eigenvalue weighted by Crippen LogP contribution is -2.23. The summed E-state index contributed by atoms with van der Waals surface area (Å²) in [5.74, 6) is -0.118. The Morgan fingerprint density at radius 2 is 2.30 bits per heavy atom. The van der Waals surface area contributed by atoms with E-state index >= 15 is 0 Å². The van der Waals surface area contributed by atoms with Crippen molar-refractivity contribution in [1.29, 1.82) is 0 Å². The normalized spacial score (nSPS) is 10.9. The molecule has 1 aromatic carbocycles. The van der Waals surface area contributed by atoms with Crippen LogP contribution in [0.2, 0.25) is 0 Å². The number of aromatic amines is 1. The number of amides is 1. The Morgan fingerprint density at radius 1 is 1.45 bits per heavy atom. The Balaban J connectivity index is 1.74. The first-order valence-corrected chi connectivity index (χ1v) is 6.09. The fraction of sp³-hybridized carbons (Fsp3) is 0.143. The number of carbonyl (C=O) groups excluding carboxylic acids is 1. The molecule has 0 saturated carbocycles.